The van der Waals surface area contributed by atoms with E-state index in [2.05, 4.69) is 19.2 Å². The topological polar surface area (TPSA) is 38.3 Å². The molecule has 1 N–H and O–H groups in total. The van der Waals surface area contributed by atoms with E-state index in [-0.39, 0.29) is 11.9 Å². The highest BCUT2D eigenvalue weighted by atomic mass is 16.5. The lowest BCUT2D eigenvalue weighted by atomic mass is 9.87. The first-order valence-electron chi connectivity index (χ1n) is 4.96. The van der Waals surface area contributed by atoms with Crippen LogP contribution in [0.2, 0.25) is 0 Å². The van der Waals surface area contributed by atoms with Crippen molar-refractivity contribution in [2.24, 2.45) is 11.8 Å². The monoisotopic (exact) mass is 185 g/mol. The van der Waals surface area contributed by atoms with Crippen LogP contribution in [0, 0.1) is 11.8 Å². The van der Waals surface area contributed by atoms with E-state index in [1.54, 1.807) is 0 Å². The van der Waals surface area contributed by atoms with Gasteiger partial charge < -0.3 is 10.1 Å². The lowest BCUT2D eigenvalue weighted by Gasteiger charge is -2.31. The van der Waals surface area contributed by atoms with Crippen LogP contribution in [0.15, 0.2) is 0 Å². The van der Waals surface area contributed by atoms with Crippen LogP contribution in [0.1, 0.15) is 26.7 Å². The van der Waals surface area contributed by atoms with Gasteiger partial charge in [0.2, 0.25) is 0 Å². The van der Waals surface area contributed by atoms with Crippen LogP contribution < -0.4 is 5.32 Å². The van der Waals surface area contributed by atoms with Gasteiger partial charge in [-0.2, -0.15) is 0 Å². The summed E-state index contributed by atoms with van der Waals surface area (Å²) in [6.07, 6.45) is 1.83. The quantitative estimate of drug-likeness (QED) is 0.657. The largest absolute Gasteiger partial charge is 0.469 e. The highest BCUT2D eigenvalue weighted by Gasteiger charge is 2.28. The van der Waals surface area contributed by atoms with Crippen molar-refractivity contribution in [3.05, 3.63) is 0 Å². The molecule has 3 nitrogen and oxygen atoms in total. The fourth-order valence-electron chi connectivity index (χ4n) is 1.84. The van der Waals surface area contributed by atoms with E-state index in [9.17, 15) is 4.79 Å². The van der Waals surface area contributed by atoms with Gasteiger partial charge in [-0.3, -0.25) is 4.79 Å². The molecule has 1 saturated heterocycles. The van der Waals surface area contributed by atoms with E-state index < -0.39 is 0 Å². The number of rotatable bonds is 2. The van der Waals surface area contributed by atoms with E-state index in [0.717, 1.165) is 19.4 Å². The fourth-order valence-corrected chi connectivity index (χ4v) is 1.84. The second-order valence-electron chi connectivity index (χ2n) is 4.05. The molecule has 1 aliphatic heterocycles. The molecule has 1 aliphatic rings. The van der Waals surface area contributed by atoms with Crippen molar-refractivity contribution in [3.8, 4) is 0 Å². The number of piperidine rings is 1. The summed E-state index contributed by atoms with van der Waals surface area (Å²) in [7, 11) is 1.47. The SMILES string of the molecule is COC(=O)[C@@H]1CCN[C@H](C(C)C)C1. The zero-order chi connectivity index (χ0) is 9.84. The normalized spacial score (nSPS) is 28.9. The first kappa shape index (κ1) is 10.5. The highest BCUT2D eigenvalue weighted by molar-refractivity contribution is 5.72. The molecule has 1 rings (SSSR count). The van der Waals surface area contributed by atoms with Crippen molar-refractivity contribution in [1.82, 2.24) is 5.32 Å². The molecule has 0 aliphatic carbocycles. The van der Waals surface area contributed by atoms with Gasteiger partial charge in [0, 0.05) is 6.04 Å². The third-order valence-corrected chi connectivity index (χ3v) is 2.78. The molecule has 1 heterocycles. The standard InChI is InChI=1S/C10H19NO2/c1-7(2)9-6-8(4-5-11-9)10(12)13-3/h7-9,11H,4-6H2,1-3H3/t8-,9+/m1/s1. The van der Waals surface area contributed by atoms with Crippen LogP contribution in [0.3, 0.4) is 0 Å². The summed E-state index contributed by atoms with van der Waals surface area (Å²) in [5, 5.41) is 3.42. The number of carbonyl (C=O) groups is 1. The van der Waals surface area contributed by atoms with Crippen LogP contribution in [0.4, 0.5) is 0 Å². The molecule has 76 valence electrons. The molecular weight excluding hydrogens is 166 g/mol. The molecule has 0 spiro atoms. The zero-order valence-corrected chi connectivity index (χ0v) is 8.67. The van der Waals surface area contributed by atoms with E-state index >= 15 is 0 Å². The number of methoxy groups -OCH3 is 1. The van der Waals surface area contributed by atoms with Gasteiger partial charge in [0.25, 0.3) is 0 Å². The predicted octanol–water partition coefficient (Wildman–Crippen LogP) is 1.18. The van der Waals surface area contributed by atoms with Gasteiger partial charge in [-0.15, -0.1) is 0 Å². The van der Waals surface area contributed by atoms with Crippen LogP contribution in [0.5, 0.6) is 0 Å². The highest BCUT2D eigenvalue weighted by Crippen LogP contribution is 2.21. The summed E-state index contributed by atoms with van der Waals surface area (Å²) >= 11 is 0. The molecule has 0 aromatic rings. The Bertz CT molecular complexity index is 180. The average molecular weight is 185 g/mol. The average Bonchev–Trinajstić information content (AvgIpc) is 2.17. The fraction of sp³-hybridized carbons (Fsp3) is 0.900. The maximum atomic E-state index is 11.3. The molecule has 0 unspecified atom stereocenters. The maximum Gasteiger partial charge on any atom is 0.308 e. The number of esters is 1. The summed E-state index contributed by atoms with van der Waals surface area (Å²) in [4.78, 5) is 11.3. The van der Waals surface area contributed by atoms with E-state index in [1.165, 1.54) is 7.11 Å². The number of hydrogen-bond donors (Lipinski definition) is 1. The third-order valence-electron chi connectivity index (χ3n) is 2.78. The van der Waals surface area contributed by atoms with Crippen molar-refractivity contribution < 1.29 is 9.53 Å². The van der Waals surface area contributed by atoms with Crippen LogP contribution in [0.25, 0.3) is 0 Å². The van der Waals surface area contributed by atoms with Crippen molar-refractivity contribution in [2.75, 3.05) is 13.7 Å². The van der Waals surface area contributed by atoms with Crippen molar-refractivity contribution >= 4 is 5.97 Å². The molecule has 0 saturated carbocycles. The molecule has 2 atom stereocenters. The van der Waals surface area contributed by atoms with Gasteiger partial charge >= 0.3 is 5.97 Å². The van der Waals surface area contributed by atoms with Crippen molar-refractivity contribution in [3.63, 3.8) is 0 Å². The minimum atomic E-state index is -0.0489. The number of hydrogen-bond acceptors (Lipinski definition) is 3. The first-order chi connectivity index (χ1) is 6.15. The molecular formula is C10H19NO2. The Kier molecular flexibility index (Phi) is 3.72. The zero-order valence-electron chi connectivity index (χ0n) is 8.67. The van der Waals surface area contributed by atoms with Gasteiger partial charge in [-0.25, -0.2) is 0 Å². The molecule has 13 heavy (non-hydrogen) atoms. The molecule has 0 bridgehead atoms. The Morgan fingerprint density at radius 2 is 2.23 bits per heavy atom. The predicted molar refractivity (Wildman–Crippen MR) is 51.4 cm³/mol. The van der Waals surface area contributed by atoms with Crippen LogP contribution >= 0.6 is 0 Å². The molecule has 0 aromatic carbocycles. The molecule has 3 heteroatoms. The summed E-state index contributed by atoms with van der Waals surface area (Å²) in [5.41, 5.74) is 0. The minimum Gasteiger partial charge on any atom is -0.469 e. The van der Waals surface area contributed by atoms with Gasteiger partial charge in [0.05, 0.1) is 13.0 Å². The van der Waals surface area contributed by atoms with Gasteiger partial charge in [-0.1, -0.05) is 13.8 Å². The first-order valence-corrected chi connectivity index (χ1v) is 4.96. The lowest BCUT2D eigenvalue weighted by Crippen LogP contribution is -2.43. The second-order valence-corrected chi connectivity index (χ2v) is 4.05. The van der Waals surface area contributed by atoms with Crippen molar-refractivity contribution in [2.45, 2.75) is 32.7 Å². The third kappa shape index (κ3) is 2.69. The maximum absolute atomic E-state index is 11.3. The van der Waals surface area contributed by atoms with Gasteiger partial charge in [0.1, 0.15) is 0 Å². The second kappa shape index (κ2) is 4.61. The Morgan fingerprint density at radius 1 is 1.54 bits per heavy atom. The smallest absolute Gasteiger partial charge is 0.308 e. The van der Waals surface area contributed by atoms with E-state index in [0.29, 0.717) is 12.0 Å². The Hall–Kier alpha value is -0.570. The summed E-state index contributed by atoms with van der Waals surface area (Å²) in [6.45, 7) is 5.29. The number of ether oxygens (including phenoxy) is 1. The number of carbonyl (C=O) groups excluding carboxylic acids is 1. The van der Waals surface area contributed by atoms with E-state index in [4.69, 9.17) is 4.74 Å². The van der Waals surface area contributed by atoms with Crippen LogP contribution in [-0.2, 0) is 9.53 Å². The van der Waals surface area contributed by atoms with Gasteiger partial charge in [0.15, 0.2) is 0 Å². The lowest BCUT2D eigenvalue weighted by molar-refractivity contribution is -0.146. The molecule has 1 fully saturated rings. The molecule has 0 aromatic heterocycles. The Labute approximate surface area is 79.8 Å². The van der Waals surface area contributed by atoms with Crippen molar-refractivity contribution in [1.29, 1.82) is 0 Å². The van der Waals surface area contributed by atoms with E-state index in [1.807, 2.05) is 0 Å². The van der Waals surface area contributed by atoms with Gasteiger partial charge in [-0.05, 0) is 25.3 Å². The molecule has 0 amide bonds. The number of nitrogens with one attached hydrogen (secondary N) is 1. The Morgan fingerprint density at radius 3 is 2.77 bits per heavy atom. The molecule has 0 radical (unpaired) electrons. The van der Waals surface area contributed by atoms with Crippen LogP contribution in [-0.4, -0.2) is 25.7 Å². The summed E-state index contributed by atoms with van der Waals surface area (Å²) in [5.74, 6) is 0.651. The summed E-state index contributed by atoms with van der Waals surface area (Å²) in [6, 6.07) is 0.470. The minimum absolute atomic E-state index is 0.0489. The summed E-state index contributed by atoms with van der Waals surface area (Å²) < 4.78 is 4.75. The Balaban J connectivity index is 2.46.